The number of urea groups is 1. The number of carbonyl (C=O) groups is 1. The van der Waals surface area contributed by atoms with Crippen LogP contribution in [-0.4, -0.2) is 41.3 Å². The van der Waals surface area contributed by atoms with Crippen molar-refractivity contribution >= 4 is 17.4 Å². The number of nitrogens with one attached hydrogen (secondary N) is 1. The minimum absolute atomic E-state index is 0.0341. The molecule has 2 amide bonds. The summed E-state index contributed by atoms with van der Waals surface area (Å²) >= 11 is 1.62. The van der Waals surface area contributed by atoms with Gasteiger partial charge in [0.2, 0.25) is 0 Å². The third kappa shape index (κ3) is 5.20. The zero-order chi connectivity index (χ0) is 24.0. The standard InChI is InChI=1S/C28H28N4O2S/c1-34-24-15-9-8-14-23(24)27-31-30-26(35-27)22-16-18-32(19-17-22)28(33)29-25(20-10-4-2-5-11-20)21-12-6-3-7-13-21/h2-15,22,25H,16-19H2,1H3,(H,29,33). The van der Waals surface area contributed by atoms with E-state index in [0.29, 0.717) is 19.0 Å². The molecule has 2 heterocycles. The number of nitrogens with zero attached hydrogens (tertiary/aromatic N) is 3. The van der Waals surface area contributed by atoms with Gasteiger partial charge in [-0.2, -0.15) is 0 Å². The van der Waals surface area contributed by atoms with Crippen LogP contribution in [0.5, 0.6) is 5.75 Å². The Kier molecular flexibility index (Phi) is 7.04. The van der Waals surface area contributed by atoms with E-state index in [1.54, 1.807) is 18.4 Å². The average Bonchev–Trinajstić information content (AvgIpc) is 3.43. The van der Waals surface area contributed by atoms with Gasteiger partial charge < -0.3 is 15.0 Å². The molecule has 1 N–H and O–H groups in total. The van der Waals surface area contributed by atoms with Crippen LogP contribution in [-0.2, 0) is 0 Å². The minimum Gasteiger partial charge on any atom is -0.496 e. The third-order valence-corrected chi connectivity index (χ3v) is 7.56. The van der Waals surface area contributed by atoms with E-state index in [1.165, 1.54) is 0 Å². The Bertz CT molecular complexity index is 1210. The Hall–Kier alpha value is -3.71. The molecule has 6 nitrogen and oxygen atoms in total. The van der Waals surface area contributed by atoms with Crippen LogP contribution >= 0.6 is 11.3 Å². The summed E-state index contributed by atoms with van der Waals surface area (Å²) in [5, 5.41) is 14.1. The summed E-state index contributed by atoms with van der Waals surface area (Å²) in [5.41, 5.74) is 3.10. The van der Waals surface area contributed by atoms with Crippen molar-refractivity contribution in [3.63, 3.8) is 0 Å². The number of ether oxygens (including phenoxy) is 1. The summed E-state index contributed by atoms with van der Waals surface area (Å²) < 4.78 is 5.48. The highest BCUT2D eigenvalue weighted by atomic mass is 32.1. The first kappa shape index (κ1) is 23.1. The number of benzene rings is 3. The molecule has 0 saturated carbocycles. The smallest absolute Gasteiger partial charge is 0.318 e. The van der Waals surface area contributed by atoms with Crippen molar-refractivity contribution in [2.45, 2.75) is 24.8 Å². The lowest BCUT2D eigenvalue weighted by Gasteiger charge is -2.32. The highest BCUT2D eigenvalue weighted by Crippen LogP contribution is 2.36. The van der Waals surface area contributed by atoms with Crippen molar-refractivity contribution in [2.75, 3.05) is 20.2 Å². The zero-order valence-corrected chi connectivity index (χ0v) is 20.4. The molecule has 1 aliphatic heterocycles. The lowest BCUT2D eigenvalue weighted by Crippen LogP contribution is -2.45. The Balaban J connectivity index is 1.24. The highest BCUT2D eigenvalue weighted by Gasteiger charge is 2.28. The Morgan fingerprint density at radius 3 is 2.14 bits per heavy atom. The Labute approximate surface area is 209 Å². The van der Waals surface area contributed by atoms with E-state index in [2.05, 4.69) is 39.8 Å². The summed E-state index contributed by atoms with van der Waals surface area (Å²) in [5.74, 6) is 1.10. The van der Waals surface area contributed by atoms with Crippen LogP contribution in [0.1, 0.15) is 40.9 Å². The monoisotopic (exact) mass is 484 g/mol. The van der Waals surface area contributed by atoms with E-state index in [9.17, 15) is 4.79 Å². The first-order valence-electron chi connectivity index (χ1n) is 11.8. The van der Waals surface area contributed by atoms with Gasteiger partial charge in [0.15, 0.2) is 5.01 Å². The largest absolute Gasteiger partial charge is 0.496 e. The normalized spacial score (nSPS) is 14.2. The van der Waals surface area contributed by atoms with Crippen molar-refractivity contribution < 1.29 is 9.53 Å². The number of likely N-dealkylation sites (tertiary alicyclic amines) is 1. The first-order chi connectivity index (χ1) is 17.2. The topological polar surface area (TPSA) is 67.4 Å². The van der Waals surface area contributed by atoms with Gasteiger partial charge in [0.25, 0.3) is 0 Å². The number of piperidine rings is 1. The van der Waals surface area contributed by atoms with E-state index >= 15 is 0 Å². The average molecular weight is 485 g/mol. The molecular formula is C28H28N4O2S. The summed E-state index contributed by atoms with van der Waals surface area (Å²) in [6, 6.07) is 27.9. The quantitative estimate of drug-likeness (QED) is 0.370. The maximum Gasteiger partial charge on any atom is 0.318 e. The molecule has 1 saturated heterocycles. The van der Waals surface area contributed by atoms with Gasteiger partial charge in [0.1, 0.15) is 10.8 Å². The number of methoxy groups -OCH3 is 1. The SMILES string of the molecule is COc1ccccc1-c1nnc(C2CCN(C(=O)NC(c3ccccc3)c3ccccc3)CC2)s1. The number of hydrogen-bond acceptors (Lipinski definition) is 5. The fourth-order valence-corrected chi connectivity index (χ4v) is 5.57. The second kappa shape index (κ2) is 10.7. The van der Waals surface area contributed by atoms with E-state index in [1.807, 2.05) is 65.6 Å². The summed E-state index contributed by atoms with van der Waals surface area (Å²) in [6.07, 6.45) is 1.74. The second-order valence-corrected chi connectivity index (χ2v) is 9.62. The van der Waals surface area contributed by atoms with Gasteiger partial charge in [-0.15, -0.1) is 10.2 Å². The van der Waals surface area contributed by atoms with Gasteiger partial charge in [-0.05, 0) is 36.1 Å². The van der Waals surface area contributed by atoms with Crippen LogP contribution in [0.2, 0.25) is 0 Å². The first-order valence-corrected chi connectivity index (χ1v) is 12.7. The van der Waals surface area contributed by atoms with Crippen LogP contribution in [0, 0.1) is 0 Å². The molecule has 4 aromatic rings. The van der Waals surface area contributed by atoms with Crippen LogP contribution in [0.4, 0.5) is 4.79 Å². The van der Waals surface area contributed by atoms with Crippen molar-refractivity contribution in [2.24, 2.45) is 0 Å². The predicted octanol–water partition coefficient (Wildman–Crippen LogP) is 5.89. The molecule has 0 aliphatic carbocycles. The zero-order valence-electron chi connectivity index (χ0n) is 19.6. The molecule has 35 heavy (non-hydrogen) atoms. The van der Waals surface area contributed by atoms with Crippen molar-refractivity contribution in [1.82, 2.24) is 20.4 Å². The molecule has 0 atom stereocenters. The molecule has 1 aromatic heterocycles. The summed E-state index contributed by atoms with van der Waals surface area (Å²) in [7, 11) is 1.67. The molecule has 178 valence electrons. The van der Waals surface area contributed by atoms with Gasteiger partial charge in [-0.1, -0.05) is 84.1 Å². The van der Waals surface area contributed by atoms with Gasteiger partial charge in [-0.25, -0.2) is 4.79 Å². The maximum atomic E-state index is 13.2. The molecule has 1 fully saturated rings. The Morgan fingerprint density at radius 1 is 0.914 bits per heavy atom. The number of aromatic nitrogens is 2. The molecule has 7 heteroatoms. The molecule has 5 rings (SSSR count). The van der Waals surface area contributed by atoms with Gasteiger partial charge in [0, 0.05) is 19.0 Å². The van der Waals surface area contributed by atoms with Gasteiger partial charge in [0.05, 0.1) is 18.7 Å². The van der Waals surface area contributed by atoms with Crippen molar-refractivity contribution in [3.8, 4) is 16.3 Å². The number of para-hydroxylation sites is 1. The number of amides is 2. The number of rotatable bonds is 6. The van der Waals surface area contributed by atoms with Crippen LogP contribution in [0.25, 0.3) is 10.6 Å². The molecule has 3 aromatic carbocycles. The van der Waals surface area contributed by atoms with E-state index < -0.39 is 0 Å². The second-order valence-electron chi connectivity index (χ2n) is 8.61. The Morgan fingerprint density at radius 2 is 1.51 bits per heavy atom. The lowest BCUT2D eigenvalue weighted by atomic mass is 9.97. The minimum atomic E-state index is -0.186. The van der Waals surface area contributed by atoms with Crippen molar-refractivity contribution in [1.29, 1.82) is 0 Å². The lowest BCUT2D eigenvalue weighted by molar-refractivity contribution is 0.179. The van der Waals surface area contributed by atoms with Gasteiger partial charge in [-0.3, -0.25) is 0 Å². The van der Waals surface area contributed by atoms with Crippen molar-refractivity contribution in [3.05, 3.63) is 101 Å². The molecule has 1 aliphatic rings. The predicted molar refractivity (Wildman–Crippen MR) is 139 cm³/mol. The molecule has 0 spiro atoms. The molecule has 0 bridgehead atoms. The summed E-state index contributed by atoms with van der Waals surface area (Å²) in [4.78, 5) is 15.1. The van der Waals surface area contributed by atoms with Crippen LogP contribution in [0.3, 0.4) is 0 Å². The molecule has 0 unspecified atom stereocenters. The van der Waals surface area contributed by atoms with Crippen LogP contribution in [0.15, 0.2) is 84.9 Å². The number of carbonyl (C=O) groups excluding carboxylic acids is 1. The fraction of sp³-hybridized carbons (Fsp3) is 0.250. The van der Waals surface area contributed by atoms with E-state index in [0.717, 1.165) is 45.3 Å². The van der Waals surface area contributed by atoms with Gasteiger partial charge >= 0.3 is 6.03 Å². The molecular weight excluding hydrogens is 456 g/mol. The highest BCUT2D eigenvalue weighted by molar-refractivity contribution is 7.14. The number of hydrogen-bond donors (Lipinski definition) is 1. The summed E-state index contributed by atoms with van der Waals surface area (Å²) in [6.45, 7) is 1.38. The maximum absolute atomic E-state index is 13.2. The molecule has 0 radical (unpaired) electrons. The fourth-order valence-electron chi connectivity index (χ4n) is 4.52. The van der Waals surface area contributed by atoms with E-state index in [-0.39, 0.29) is 12.1 Å². The van der Waals surface area contributed by atoms with Crippen LogP contribution < -0.4 is 10.1 Å². The third-order valence-electron chi connectivity index (χ3n) is 6.44. The van der Waals surface area contributed by atoms with E-state index in [4.69, 9.17) is 4.74 Å².